The fourth-order valence-corrected chi connectivity index (χ4v) is 1.39. The van der Waals surface area contributed by atoms with E-state index < -0.39 is 0 Å². The molecule has 0 aromatic heterocycles. The molecule has 0 heterocycles. The zero-order valence-electron chi connectivity index (χ0n) is 6.98. The van der Waals surface area contributed by atoms with E-state index in [0.29, 0.717) is 0 Å². The Hall–Kier alpha value is -0.520. The second-order valence-corrected chi connectivity index (χ2v) is 3.00. The van der Waals surface area contributed by atoms with Gasteiger partial charge in [-0.3, -0.25) is 0 Å². The van der Waals surface area contributed by atoms with Crippen molar-refractivity contribution >= 4 is 0 Å². The van der Waals surface area contributed by atoms with Crippen molar-refractivity contribution in [1.82, 2.24) is 0 Å². The summed E-state index contributed by atoms with van der Waals surface area (Å²) in [5.74, 6) is 0. The van der Waals surface area contributed by atoms with Crippen molar-refractivity contribution in [2.75, 3.05) is 0 Å². The Morgan fingerprint density at radius 3 is 2.90 bits per heavy atom. The van der Waals surface area contributed by atoms with E-state index in [-0.39, 0.29) is 0 Å². The lowest BCUT2D eigenvalue weighted by Gasteiger charge is -2.10. The zero-order chi connectivity index (χ0) is 7.40. The summed E-state index contributed by atoms with van der Waals surface area (Å²) in [6.45, 7) is 4.50. The highest BCUT2D eigenvalue weighted by Gasteiger charge is 2.01. The maximum absolute atomic E-state index is 2.29. The minimum absolute atomic E-state index is 1.25. The van der Waals surface area contributed by atoms with Crippen molar-refractivity contribution in [3.05, 3.63) is 23.3 Å². The van der Waals surface area contributed by atoms with Crippen molar-refractivity contribution in [2.24, 2.45) is 0 Å². The molecule has 1 aliphatic rings. The molecule has 1 aliphatic carbocycles. The quantitative estimate of drug-likeness (QED) is 0.545. The first-order valence-corrected chi connectivity index (χ1v) is 4.19. The predicted octanol–water partition coefficient (Wildman–Crippen LogP) is 3.45. The Morgan fingerprint density at radius 1 is 1.50 bits per heavy atom. The third kappa shape index (κ3) is 1.73. The molecule has 0 aromatic carbocycles. The van der Waals surface area contributed by atoms with Gasteiger partial charge in [0.1, 0.15) is 0 Å². The first kappa shape index (κ1) is 7.59. The van der Waals surface area contributed by atoms with Gasteiger partial charge >= 0.3 is 0 Å². The van der Waals surface area contributed by atoms with Crippen LogP contribution in [-0.2, 0) is 0 Å². The van der Waals surface area contributed by atoms with E-state index in [1.165, 1.54) is 25.7 Å². The minimum atomic E-state index is 1.25. The average molecular weight is 136 g/mol. The fourth-order valence-electron chi connectivity index (χ4n) is 1.39. The van der Waals surface area contributed by atoms with Crippen LogP contribution in [0.3, 0.4) is 0 Å². The van der Waals surface area contributed by atoms with E-state index in [1.807, 2.05) is 0 Å². The van der Waals surface area contributed by atoms with Crippen LogP contribution in [0.2, 0.25) is 0 Å². The van der Waals surface area contributed by atoms with Gasteiger partial charge in [-0.2, -0.15) is 0 Å². The van der Waals surface area contributed by atoms with Crippen LogP contribution in [0.1, 0.15) is 39.5 Å². The third-order valence-electron chi connectivity index (χ3n) is 2.07. The van der Waals surface area contributed by atoms with Gasteiger partial charge in [-0.25, -0.2) is 0 Å². The summed E-state index contributed by atoms with van der Waals surface area (Å²) in [5.41, 5.74) is 3.18. The Bertz CT molecular complexity index is 161. The summed E-state index contributed by atoms with van der Waals surface area (Å²) in [7, 11) is 0. The fraction of sp³-hybridized carbons (Fsp3) is 0.600. The Morgan fingerprint density at radius 2 is 2.30 bits per heavy atom. The standard InChI is InChI=1S/C10H16/c1-3-6-10-8-5-4-7-9(10)2/h5,8H,3-4,6-7H2,1-2H3. The second kappa shape index (κ2) is 3.60. The molecule has 0 aliphatic heterocycles. The average Bonchev–Trinajstić information content (AvgIpc) is 1.94. The van der Waals surface area contributed by atoms with Crippen LogP contribution in [-0.4, -0.2) is 0 Å². The summed E-state index contributed by atoms with van der Waals surface area (Å²) in [6.07, 6.45) is 9.66. The highest BCUT2D eigenvalue weighted by Crippen LogP contribution is 2.21. The van der Waals surface area contributed by atoms with E-state index in [1.54, 1.807) is 11.1 Å². The van der Waals surface area contributed by atoms with Crippen LogP contribution < -0.4 is 0 Å². The molecule has 0 radical (unpaired) electrons. The maximum atomic E-state index is 2.29. The molecule has 56 valence electrons. The molecule has 0 spiro atoms. The second-order valence-electron chi connectivity index (χ2n) is 3.00. The number of hydrogen-bond acceptors (Lipinski definition) is 0. The van der Waals surface area contributed by atoms with Gasteiger partial charge in [-0.15, -0.1) is 0 Å². The number of rotatable bonds is 2. The summed E-state index contributed by atoms with van der Waals surface area (Å²) in [6, 6.07) is 0. The predicted molar refractivity (Wildman–Crippen MR) is 46.0 cm³/mol. The Balaban J connectivity index is 2.60. The van der Waals surface area contributed by atoms with E-state index >= 15 is 0 Å². The first-order valence-electron chi connectivity index (χ1n) is 4.19. The van der Waals surface area contributed by atoms with Crippen molar-refractivity contribution < 1.29 is 0 Å². The lowest BCUT2D eigenvalue weighted by Crippen LogP contribution is -1.90. The normalized spacial score (nSPS) is 18.2. The van der Waals surface area contributed by atoms with Gasteiger partial charge in [0.05, 0.1) is 0 Å². The monoisotopic (exact) mass is 136 g/mol. The summed E-state index contributed by atoms with van der Waals surface area (Å²) in [4.78, 5) is 0. The van der Waals surface area contributed by atoms with Gasteiger partial charge in [-0.05, 0) is 31.8 Å². The highest BCUT2D eigenvalue weighted by molar-refractivity contribution is 5.27. The molecular formula is C10H16. The van der Waals surface area contributed by atoms with Crippen molar-refractivity contribution in [3.63, 3.8) is 0 Å². The number of allylic oxidation sites excluding steroid dienone is 4. The smallest absolute Gasteiger partial charge is 0.0282 e. The number of hydrogen-bond donors (Lipinski definition) is 0. The summed E-state index contributed by atoms with van der Waals surface area (Å²) in [5, 5.41) is 0. The van der Waals surface area contributed by atoms with Gasteiger partial charge in [0.15, 0.2) is 0 Å². The lowest BCUT2D eigenvalue weighted by atomic mass is 9.96. The Labute approximate surface area is 63.6 Å². The summed E-state index contributed by atoms with van der Waals surface area (Å²) < 4.78 is 0. The van der Waals surface area contributed by atoms with Crippen LogP contribution in [0, 0.1) is 0 Å². The van der Waals surface area contributed by atoms with Crippen LogP contribution in [0.4, 0.5) is 0 Å². The largest absolute Gasteiger partial charge is 0.0839 e. The van der Waals surface area contributed by atoms with Gasteiger partial charge in [-0.1, -0.05) is 31.1 Å². The maximum Gasteiger partial charge on any atom is -0.0282 e. The van der Waals surface area contributed by atoms with Crippen LogP contribution in [0.5, 0.6) is 0 Å². The molecule has 10 heavy (non-hydrogen) atoms. The van der Waals surface area contributed by atoms with Crippen LogP contribution in [0.15, 0.2) is 23.3 Å². The molecule has 0 N–H and O–H groups in total. The minimum Gasteiger partial charge on any atom is -0.0839 e. The molecule has 0 amide bonds. The molecule has 0 unspecified atom stereocenters. The Kier molecular flexibility index (Phi) is 2.73. The van der Waals surface area contributed by atoms with E-state index in [4.69, 9.17) is 0 Å². The van der Waals surface area contributed by atoms with E-state index in [9.17, 15) is 0 Å². The van der Waals surface area contributed by atoms with Crippen molar-refractivity contribution in [3.8, 4) is 0 Å². The molecule has 0 aromatic rings. The zero-order valence-corrected chi connectivity index (χ0v) is 6.98. The van der Waals surface area contributed by atoms with E-state index in [0.717, 1.165) is 0 Å². The van der Waals surface area contributed by atoms with Gasteiger partial charge in [0.2, 0.25) is 0 Å². The topological polar surface area (TPSA) is 0 Å². The van der Waals surface area contributed by atoms with E-state index in [2.05, 4.69) is 26.0 Å². The summed E-state index contributed by atoms with van der Waals surface area (Å²) >= 11 is 0. The molecule has 0 fully saturated rings. The molecule has 1 rings (SSSR count). The molecule has 0 bridgehead atoms. The molecule has 0 atom stereocenters. The molecule has 0 nitrogen and oxygen atoms in total. The van der Waals surface area contributed by atoms with Gasteiger partial charge < -0.3 is 0 Å². The SMILES string of the molecule is CCCC1=C(C)CCC=C1. The van der Waals surface area contributed by atoms with Crippen LogP contribution >= 0.6 is 0 Å². The van der Waals surface area contributed by atoms with Gasteiger partial charge in [0, 0.05) is 0 Å². The van der Waals surface area contributed by atoms with Gasteiger partial charge in [0.25, 0.3) is 0 Å². The molecule has 0 heteroatoms. The molecule has 0 saturated heterocycles. The van der Waals surface area contributed by atoms with Crippen molar-refractivity contribution in [1.29, 1.82) is 0 Å². The molecular weight excluding hydrogens is 120 g/mol. The van der Waals surface area contributed by atoms with Crippen molar-refractivity contribution in [2.45, 2.75) is 39.5 Å². The highest BCUT2D eigenvalue weighted by atomic mass is 14.1. The van der Waals surface area contributed by atoms with Crippen LogP contribution in [0.25, 0.3) is 0 Å². The first-order chi connectivity index (χ1) is 4.84. The lowest BCUT2D eigenvalue weighted by molar-refractivity contribution is 0.858. The third-order valence-corrected chi connectivity index (χ3v) is 2.07. The molecule has 0 saturated carbocycles.